The molecule has 1 amide bonds. The molecule has 0 heterocycles. The van der Waals surface area contributed by atoms with Gasteiger partial charge in [0.15, 0.2) is 6.61 Å². The first-order valence-electron chi connectivity index (χ1n) is 5.50. The van der Waals surface area contributed by atoms with Crippen molar-refractivity contribution in [2.75, 3.05) is 6.61 Å². The van der Waals surface area contributed by atoms with Crippen molar-refractivity contribution in [2.45, 2.75) is 25.5 Å². The van der Waals surface area contributed by atoms with Gasteiger partial charge in [-0.25, -0.2) is 0 Å². The second-order valence-corrected chi connectivity index (χ2v) is 4.48. The van der Waals surface area contributed by atoms with Gasteiger partial charge in [-0.05, 0) is 31.0 Å². The van der Waals surface area contributed by atoms with Crippen molar-refractivity contribution in [1.82, 2.24) is 5.32 Å². The Balaban J connectivity index is 1.90. The number of aliphatic hydroxyl groups excluding tert-OH is 1. The first-order valence-corrected chi connectivity index (χ1v) is 5.88. The van der Waals surface area contributed by atoms with E-state index >= 15 is 0 Å². The Hall–Kier alpha value is -1.26. The second kappa shape index (κ2) is 5.38. The van der Waals surface area contributed by atoms with Gasteiger partial charge in [-0.3, -0.25) is 4.79 Å². The number of halogens is 1. The van der Waals surface area contributed by atoms with Crippen molar-refractivity contribution in [3.63, 3.8) is 0 Å². The minimum Gasteiger partial charge on any atom is -0.483 e. The van der Waals surface area contributed by atoms with Crippen LogP contribution in [-0.2, 0) is 11.4 Å². The van der Waals surface area contributed by atoms with E-state index in [-0.39, 0.29) is 19.1 Å². The van der Waals surface area contributed by atoms with E-state index in [1.165, 1.54) is 0 Å². The lowest BCUT2D eigenvalue weighted by atomic mass is 10.2. The molecule has 0 unspecified atom stereocenters. The molecule has 1 aliphatic rings. The molecule has 4 nitrogen and oxygen atoms in total. The molecule has 1 saturated carbocycles. The summed E-state index contributed by atoms with van der Waals surface area (Å²) in [7, 11) is 0. The molecule has 2 N–H and O–H groups in total. The van der Waals surface area contributed by atoms with Gasteiger partial charge < -0.3 is 15.2 Å². The van der Waals surface area contributed by atoms with Gasteiger partial charge in [0.2, 0.25) is 0 Å². The minimum absolute atomic E-state index is 0.0366. The summed E-state index contributed by atoms with van der Waals surface area (Å²) in [5.41, 5.74) is 0.580. The minimum atomic E-state index is -0.167. The molecule has 1 aromatic carbocycles. The van der Waals surface area contributed by atoms with Gasteiger partial charge in [-0.15, -0.1) is 0 Å². The highest BCUT2D eigenvalue weighted by molar-refractivity contribution is 6.30. The van der Waals surface area contributed by atoms with Crippen molar-refractivity contribution in [2.24, 2.45) is 0 Å². The average Bonchev–Trinajstić information content (AvgIpc) is 3.11. The van der Waals surface area contributed by atoms with Crippen LogP contribution in [0, 0.1) is 0 Å². The summed E-state index contributed by atoms with van der Waals surface area (Å²) in [5.74, 6) is 0.356. The maximum absolute atomic E-state index is 11.4. The monoisotopic (exact) mass is 255 g/mol. The lowest BCUT2D eigenvalue weighted by Gasteiger charge is -2.10. The van der Waals surface area contributed by atoms with E-state index in [2.05, 4.69) is 5.32 Å². The van der Waals surface area contributed by atoms with Crippen LogP contribution in [0.1, 0.15) is 18.4 Å². The lowest BCUT2D eigenvalue weighted by Crippen LogP contribution is -2.30. The number of carbonyl (C=O) groups is 1. The first-order chi connectivity index (χ1) is 8.19. The number of hydrogen-bond donors (Lipinski definition) is 2. The van der Waals surface area contributed by atoms with Gasteiger partial charge in [-0.1, -0.05) is 11.6 Å². The van der Waals surface area contributed by atoms with E-state index in [0.29, 0.717) is 22.4 Å². The van der Waals surface area contributed by atoms with Gasteiger partial charge in [-0.2, -0.15) is 0 Å². The average molecular weight is 256 g/mol. The molecular weight excluding hydrogens is 242 g/mol. The van der Waals surface area contributed by atoms with Crippen LogP contribution < -0.4 is 10.1 Å². The summed E-state index contributed by atoms with van der Waals surface area (Å²) in [4.78, 5) is 11.4. The van der Waals surface area contributed by atoms with Gasteiger partial charge >= 0.3 is 0 Å². The lowest BCUT2D eigenvalue weighted by molar-refractivity contribution is -0.123. The fraction of sp³-hybridized carbons (Fsp3) is 0.417. The maximum Gasteiger partial charge on any atom is 0.258 e. The molecule has 92 valence electrons. The second-order valence-electron chi connectivity index (χ2n) is 4.04. The zero-order chi connectivity index (χ0) is 12.3. The zero-order valence-corrected chi connectivity index (χ0v) is 10.0. The molecule has 0 saturated heterocycles. The molecule has 17 heavy (non-hydrogen) atoms. The van der Waals surface area contributed by atoms with Crippen LogP contribution in [0.2, 0.25) is 5.02 Å². The van der Waals surface area contributed by atoms with Gasteiger partial charge in [0.05, 0.1) is 6.61 Å². The number of aliphatic hydroxyl groups is 1. The third-order valence-corrected chi connectivity index (χ3v) is 2.73. The standard InChI is InChI=1S/C12H14ClNO3/c13-9-1-4-11(8(5-9)6-15)17-7-12(16)14-10-2-3-10/h1,4-5,10,15H,2-3,6-7H2,(H,14,16). The van der Waals surface area contributed by atoms with Crippen molar-refractivity contribution < 1.29 is 14.6 Å². The van der Waals surface area contributed by atoms with Crippen molar-refractivity contribution in [1.29, 1.82) is 0 Å². The van der Waals surface area contributed by atoms with E-state index < -0.39 is 0 Å². The van der Waals surface area contributed by atoms with Crippen LogP contribution >= 0.6 is 11.6 Å². The van der Waals surface area contributed by atoms with E-state index in [1.54, 1.807) is 18.2 Å². The van der Waals surface area contributed by atoms with Crippen LogP contribution in [0.5, 0.6) is 5.75 Å². The fourth-order valence-electron chi connectivity index (χ4n) is 1.45. The third-order valence-electron chi connectivity index (χ3n) is 2.49. The predicted octanol–water partition coefficient (Wildman–Crippen LogP) is 1.49. The highest BCUT2D eigenvalue weighted by Crippen LogP contribution is 2.23. The summed E-state index contributed by atoms with van der Waals surface area (Å²) in [5, 5.41) is 12.5. The number of ether oxygens (including phenoxy) is 1. The Labute approximate surface area is 105 Å². The van der Waals surface area contributed by atoms with E-state index in [0.717, 1.165) is 12.8 Å². The number of rotatable bonds is 5. The van der Waals surface area contributed by atoms with Gasteiger partial charge in [0.1, 0.15) is 5.75 Å². The molecule has 0 radical (unpaired) electrons. The molecule has 1 aromatic rings. The normalized spacial score (nSPS) is 14.5. The van der Waals surface area contributed by atoms with Gasteiger partial charge in [0, 0.05) is 16.6 Å². The fourth-order valence-corrected chi connectivity index (χ4v) is 1.65. The quantitative estimate of drug-likeness (QED) is 0.838. The number of nitrogens with one attached hydrogen (secondary N) is 1. The van der Waals surface area contributed by atoms with Crippen LogP contribution in [0.4, 0.5) is 0 Å². The molecule has 5 heteroatoms. The number of amides is 1. The molecule has 1 fully saturated rings. The topological polar surface area (TPSA) is 58.6 Å². The van der Waals surface area contributed by atoms with E-state index in [1.807, 2.05) is 0 Å². The Bertz CT molecular complexity index is 418. The van der Waals surface area contributed by atoms with Crippen LogP contribution in [-0.4, -0.2) is 23.7 Å². The molecule has 0 aliphatic heterocycles. The molecule has 1 aliphatic carbocycles. The SMILES string of the molecule is O=C(COc1ccc(Cl)cc1CO)NC1CC1. The molecular formula is C12H14ClNO3. The van der Waals surface area contributed by atoms with Crippen molar-refractivity contribution >= 4 is 17.5 Å². The molecule has 0 aromatic heterocycles. The summed E-state index contributed by atoms with van der Waals surface area (Å²) in [6.07, 6.45) is 2.10. The van der Waals surface area contributed by atoms with Gasteiger partial charge in [0.25, 0.3) is 5.91 Å². The van der Waals surface area contributed by atoms with Crippen molar-refractivity contribution in [3.8, 4) is 5.75 Å². The summed E-state index contributed by atoms with van der Waals surface area (Å²) in [6.45, 7) is -0.203. The number of benzene rings is 1. The third kappa shape index (κ3) is 3.61. The summed E-state index contributed by atoms with van der Waals surface area (Å²) in [6, 6.07) is 5.26. The Morgan fingerprint density at radius 2 is 2.29 bits per heavy atom. The van der Waals surface area contributed by atoms with Crippen LogP contribution in [0.15, 0.2) is 18.2 Å². The smallest absolute Gasteiger partial charge is 0.258 e. The number of carbonyl (C=O) groups excluding carboxylic acids is 1. The van der Waals surface area contributed by atoms with Crippen LogP contribution in [0.3, 0.4) is 0 Å². The Morgan fingerprint density at radius 3 is 2.94 bits per heavy atom. The Morgan fingerprint density at radius 1 is 1.53 bits per heavy atom. The number of hydrogen-bond acceptors (Lipinski definition) is 3. The Kier molecular flexibility index (Phi) is 3.86. The summed E-state index contributed by atoms with van der Waals surface area (Å²) < 4.78 is 5.34. The van der Waals surface area contributed by atoms with E-state index in [9.17, 15) is 4.79 Å². The highest BCUT2D eigenvalue weighted by Gasteiger charge is 2.23. The largest absolute Gasteiger partial charge is 0.483 e. The van der Waals surface area contributed by atoms with Crippen LogP contribution in [0.25, 0.3) is 0 Å². The van der Waals surface area contributed by atoms with Crippen molar-refractivity contribution in [3.05, 3.63) is 28.8 Å². The van der Waals surface area contributed by atoms with E-state index in [4.69, 9.17) is 21.4 Å². The maximum atomic E-state index is 11.4. The molecule has 0 bridgehead atoms. The molecule has 0 atom stereocenters. The predicted molar refractivity (Wildman–Crippen MR) is 64.0 cm³/mol. The molecule has 2 rings (SSSR count). The zero-order valence-electron chi connectivity index (χ0n) is 9.28. The highest BCUT2D eigenvalue weighted by atomic mass is 35.5. The first kappa shape index (κ1) is 12.2. The molecule has 0 spiro atoms. The summed E-state index contributed by atoms with van der Waals surface area (Å²) >= 11 is 5.79.